The first-order chi connectivity index (χ1) is 21.2. The fourth-order valence-electron chi connectivity index (χ4n) is 4.94. The van der Waals surface area contributed by atoms with E-state index in [9.17, 15) is 20.4 Å². The van der Waals surface area contributed by atoms with Crippen LogP contribution in [0.3, 0.4) is 0 Å². The second-order valence-electron chi connectivity index (χ2n) is 16.7. The van der Waals surface area contributed by atoms with Crippen molar-refractivity contribution in [1.82, 2.24) is 0 Å². The zero-order valence-electron chi connectivity index (χ0n) is 32.7. The molecule has 2 aromatic rings. The van der Waals surface area contributed by atoms with E-state index in [2.05, 4.69) is 30.8 Å². The number of phenolic OH excluding ortho intramolecular Hbond substituents is 4. The van der Waals surface area contributed by atoms with Crippen molar-refractivity contribution in [3.05, 3.63) is 39.0 Å². The molecule has 0 amide bonds. The van der Waals surface area contributed by atoms with Gasteiger partial charge >= 0.3 is 0 Å². The standard InChI is InChI=1S/C29H44O4S2.C4H12NSi2.C4H8O.Y/c1-26(2,3)16-13-17(27(4,5)6)21(31)24(20(16)30)34-15-35-25-22(32)18(28(7,8)9)14-19(23(25)33)29(10,11)12;1-6(2)5-7(3)4;1-2-4-5-3-1;/h13-14,30-33H,15H2,1-12H3;1-4H3;1-4H2;/q;-1;;. The normalized spacial score (nSPS) is 13.9. The summed E-state index contributed by atoms with van der Waals surface area (Å²) in [6.45, 7) is 35.4. The van der Waals surface area contributed by atoms with Crippen LogP contribution in [-0.2, 0) is 59.1 Å². The molecular formula is C37H64NO5S2Si2Y-. The van der Waals surface area contributed by atoms with Gasteiger partial charge in [0.15, 0.2) is 0 Å². The summed E-state index contributed by atoms with van der Waals surface area (Å²) in [6, 6.07) is 3.81. The summed E-state index contributed by atoms with van der Waals surface area (Å²) in [7, 11) is -0.528. The fraction of sp³-hybridized carbons (Fsp3) is 0.676. The molecule has 1 saturated heterocycles. The Labute approximate surface area is 330 Å². The number of hydrogen-bond acceptors (Lipinski definition) is 7. The van der Waals surface area contributed by atoms with Crippen LogP contribution in [0.1, 0.15) is 118 Å². The van der Waals surface area contributed by atoms with Crippen LogP contribution in [-0.4, -0.2) is 56.6 Å². The molecule has 1 aliphatic rings. The molecule has 0 atom stereocenters. The third-order valence-corrected chi connectivity index (χ3v) is 13.2. The third kappa shape index (κ3) is 14.8. The number of ether oxygens (including phenoxy) is 1. The van der Waals surface area contributed by atoms with Gasteiger partial charge in [-0.05, 0) is 46.6 Å². The van der Waals surface area contributed by atoms with Crippen LogP contribution in [0.2, 0.25) is 26.2 Å². The van der Waals surface area contributed by atoms with E-state index >= 15 is 0 Å². The summed E-state index contributed by atoms with van der Waals surface area (Å²) in [4.78, 5) is 0.855. The van der Waals surface area contributed by atoms with Crippen molar-refractivity contribution in [3.8, 4) is 23.0 Å². The van der Waals surface area contributed by atoms with E-state index in [1.165, 1.54) is 36.4 Å². The molecule has 0 saturated carbocycles. The quantitative estimate of drug-likeness (QED) is 0.131. The number of rotatable bonds is 6. The summed E-state index contributed by atoms with van der Waals surface area (Å²) in [6.07, 6.45) is 2.56. The van der Waals surface area contributed by atoms with Gasteiger partial charge in [-0.3, -0.25) is 0 Å². The number of aromatic hydroxyl groups is 4. The molecule has 1 aliphatic heterocycles. The van der Waals surface area contributed by atoms with Crippen molar-refractivity contribution < 1.29 is 57.9 Å². The minimum absolute atomic E-state index is 0. The number of benzene rings is 2. The molecule has 3 radical (unpaired) electrons. The molecule has 0 aliphatic carbocycles. The average molecular weight is 812 g/mol. The van der Waals surface area contributed by atoms with E-state index in [-0.39, 0.29) is 95.3 Å². The van der Waals surface area contributed by atoms with Crippen molar-refractivity contribution in [2.45, 2.75) is 154 Å². The molecule has 11 heteroatoms. The minimum Gasteiger partial charge on any atom is -0.673 e. The van der Waals surface area contributed by atoms with Crippen LogP contribution in [0.4, 0.5) is 0 Å². The monoisotopic (exact) mass is 811 g/mol. The molecule has 271 valence electrons. The van der Waals surface area contributed by atoms with Gasteiger partial charge in [0.2, 0.25) is 0 Å². The van der Waals surface area contributed by atoms with Gasteiger partial charge < -0.3 is 29.8 Å². The third-order valence-electron chi connectivity index (χ3n) is 7.37. The molecular weight excluding hydrogens is 748 g/mol. The molecule has 0 bridgehead atoms. The topological polar surface area (TPSA) is 104 Å². The van der Waals surface area contributed by atoms with E-state index in [1.54, 1.807) is 0 Å². The fourth-order valence-corrected chi connectivity index (χ4v) is 10.7. The van der Waals surface area contributed by atoms with E-state index < -0.39 is 0 Å². The molecule has 6 nitrogen and oxygen atoms in total. The maximum atomic E-state index is 11.1. The van der Waals surface area contributed by atoms with Gasteiger partial charge in [0.1, 0.15) is 23.0 Å². The van der Waals surface area contributed by atoms with Gasteiger partial charge in [-0.25, -0.2) is 0 Å². The molecule has 0 spiro atoms. The molecule has 48 heavy (non-hydrogen) atoms. The molecule has 1 fully saturated rings. The zero-order valence-corrected chi connectivity index (χ0v) is 39.2. The van der Waals surface area contributed by atoms with Crippen molar-refractivity contribution in [1.29, 1.82) is 0 Å². The first kappa shape index (κ1) is 47.8. The molecule has 0 aromatic heterocycles. The maximum Gasteiger partial charge on any atom is 0.136 e. The maximum absolute atomic E-state index is 11.1. The van der Waals surface area contributed by atoms with Crippen LogP contribution in [0.25, 0.3) is 4.65 Å². The van der Waals surface area contributed by atoms with Crippen molar-refractivity contribution in [3.63, 3.8) is 0 Å². The Morgan fingerprint density at radius 2 is 0.812 bits per heavy atom. The van der Waals surface area contributed by atoms with E-state index in [0.29, 0.717) is 14.9 Å². The molecule has 3 rings (SSSR count). The van der Waals surface area contributed by atoms with Gasteiger partial charge in [0.25, 0.3) is 0 Å². The average Bonchev–Trinajstić information content (AvgIpc) is 3.44. The Kier molecular flexibility index (Phi) is 19.5. The summed E-state index contributed by atoms with van der Waals surface area (Å²) in [5, 5.41) is 44.8. The van der Waals surface area contributed by atoms with Crippen LogP contribution in [0.5, 0.6) is 23.0 Å². The molecule has 1 heterocycles. The number of thioether (sulfide) groups is 2. The van der Waals surface area contributed by atoms with Crippen LogP contribution in [0.15, 0.2) is 21.9 Å². The summed E-state index contributed by atoms with van der Waals surface area (Å²) in [5.41, 5.74) is 1.90. The van der Waals surface area contributed by atoms with Gasteiger partial charge in [-0.2, -0.15) is 0 Å². The van der Waals surface area contributed by atoms with Gasteiger partial charge in [-0.15, -0.1) is 23.5 Å². The van der Waals surface area contributed by atoms with Crippen LogP contribution < -0.4 is 0 Å². The van der Waals surface area contributed by atoms with Crippen LogP contribution >= 0.6 is 23.5 Å². The summed E-state index contributed by atoms with van der Waals surface area (Å²) >= 11 is 2.63. The Morgan fingerprint density at radius 3 is 0.958 bits per heavy atom. The van der Waals surface area contributed by atoms with Gasteiger partial charge in [0.05, 0.1) is 9.79 Å². The molecule has 4 N–H and O–H groups in total. The predicted molar refractivity (Wildman–Crippen MR) is 209 cm³/mol. The first-order valence-corrected chi connectivity index (χ1v) is 23.4. The minimum atomic E-state index is -0.306. The van der Waals surface area contributed by atoms with Gasteiger partial charge in [0, 0.05) is 73.3 Å². The smallest absolute Gasteiger partial charge is 0.136 e. The molecule has 2 aromatic carbocycles. The number of hydrogen-bond donors (Lipinski definition) is 4. The Bertz CT molecular complexity index is 1130. The summed E-state index contributed by atoms with van der Waals surface area (Å²) < 4.78 is 9.43. The second-order valence-corrected chi connectivity index (χ2v) is 23.7. The summed E-state index contributed by atoms with van der Waals surface area (Å²) in [5.74, 6) is 0.337. The predicted octanol–water partition coefficient (Wildman–Crippen LogP) is 11.2. The number of nitrogens with zero attached hydrogens (tertiary/aromatic N) is 1. The van der Waals surface area contributed by atoms with E-state index in [4.69, 9.17) is 4.74 Å². The van der Waals surface area contributed by atoms with Crippen molar-refractivity contribution >= 4 is 41.4 Å². The second kappa shape index (κ2) is 19.6. The Balaban J connectivity index is 0.00000142. The van der Waals surface area contributed by atoms with E-state index in [1.807, 2.05) is 95.2 Å². The van der Waals surface area contributed by atoms with Gasteiger partial charge in [-0.1, -0.05) is 127 Å². The van der Waals surface area contributed by atoms with Crippen molar-refractivity contribution in [2.24, 2.45) is 0 Å². The number of phenols is 4. The Morgan fingerprint density at radius 1 is 0.562 bits per heavy atom. The molecule has 0 unspecified atom stereocenters. The van der Waals surface area contributed by atoms with E-state index in [0.717, 1.165) is 35.5 Å². The zero-order chi connectivity index (χ0) is 36.7. The SMILES string of the molecule is C1CCOC1.CC(C)(C)c1cc(C(C)(C)C)c(O)c(SCSc2c(O)c(C(C)(C)C)cc(C(C)(C)C)c2O)c1O.C[Si](C)[N-][Si](C)C.[Y]. The van der Waals surface area contributed by atoms with Crippen molar-refractivity contribution in [2.75, 3.05) is 18.3 Å². The Hall–Kier alpha value is -0.202. The van der Waals surface area contributed by atoms with Crippen LogP contribution in [0, 0.1) is 0 Å². The first-order valence-electron chi connectivity index (χ1n) is 16.6. The largest absolute Gasteiger partial charge is 0.673 e.